The fourth-order valence-corrected chi connectivity index (χ4v) is 5.33. The average molecular weight is 361 g/mol. The molecule has 23 heavy (non-hydrogen) atoms. The van der Waals surface area contributed by atoms with Crippen LogP contribution in [0.25, 0.3) is 0 Å². The van der Waals surface area contributed by atoms with Gasteiger partial charge in [-0.2, -0.15) is 4.31 Å². The molecule has 3 rings (SSSR count). The highest BCUT2D eigenvalue weighted by Gasteiger charge is 2.35. The molecular formula is C16H25ClN2O3S. The molecule has 0 aliphatic carbocycles. The van der Waals surface area contributed by atoms with Crippen LogP contribution in [-0.2, 0) is 10.0 Å². The van der Waals surface area contributed by atoms with Gasteiger partial charge >= 0.3 is 0 Å². The summed E-state index contributed by atoms with van der Waals surface area (Å²) in [5, 5.41) is 3.52. The van der Waals surface area contributed by atoms with Crippen LogP contribution in [0.4, 0.5) is 0 Å². The van der Waals surface area contributed by atoms with Crippen molar-refractivity contribution in [3.8, 4) is 5.75 Å². The van der Waals surface area contributed by atoms with E-state index in [0.29, 0.717) is 30.1 Å². The Balaban J connectivity index is 0.00000192. The first-order chi connectivity index (χ1) is 10.4. The number of nitrogens with one attached hydrogen (secondary N) is 1. The highest BCUT2D eigenvalue weighted by molar-refractivity contribution is 7.89. The summed E-state index contributed by atoms with van der Waals surface area (Å²) in [6, 6.07) is 4.21. The van der Waals surface area contributed by atoms with Gasteiger partial charge in [-0.3, -0.25) is 0 Å². The lowest BCUT2D eigenvalue weighted by Crippen LogP contribution is -2.39. The van der Waals surface area contributed by atoms with Crippen LogP contribution >= 0.6 is 12.4 Å². The zero-order valence-electron chi connectivity index (χ0n) is 13.8. The first-order valence-corrected chi connectivity index (χ1v) is 9.27. The molecule has 1 N–H and O–H groups in total. The molecule has 0 spiro atoms. The Morgan fingerprint density at radius 3 is 2.35 bits per heavy atom. The van der Waals surface area contributed by atoms with Crippen LogP contribution in [0, 0.1) is 13.8 Å². The van der Waals surface area contributed by atoms with E-state index in [0.717, 1.165) is 29.7 Å². The minimum absolute atomic E-state index is 0. The molecule has 2 fully saturated rings. The van der Waals surface area contributed by atoms with E-state index in [2.05, 4.69) is 5.32 Å². The van der Waals surface area contributed by atoms with Crippen LogP contribution < -0.4 is 10.1 Å². The van der Waals surface area contributed by atoms with Crippen LogP contribution in [0.3, 0.4) is 0 Å². The van der Waals surface area contributed by atoms with Crippen molar-refractivity contribution >= 4 is 22.4 Å². The third-order valence-corrected chi connectivity index (χ3v) is 6.60. The van der Waals surface area contributed by atoms with Crippen molar-refractivity contribution in [2.45, 2.75) is 50.1 Å². The van der Waals surface area contributed by atoms with Gasteiger partial charge in [-0.25, -0.2) is 8.42 Å². The van der Waals surface area contributed by atoms with E-state index in [1.807, 2.05) is 13.8 Å². The van der Waals surface area contributed by atoms with Gasteiger partial charge in [0.2, 0.25) is 10.0 Å². The zero-order chi connectivity index (χ0) is 15.9. The lowest BCUT2D eigenvalue weighted by atomic mass is 10.1. The quantitative estimate of drug-likeness (QED) is 0.898. The molecule has 2 aliphatic heterocycles. The summed E-state index contributed by atoms with van der Waals surface area (Å²) in [5.74, 6) is 0.760. The van der Waals surface area contributed by atoms with Crippen LogP contribution in [0.15, 0.2) is 17.0 Å². The zero-order valence-corrected chi connectivity index (χ0v) is 15.5. The van der Waals surface area contributed by atoms with Crippen molar-refractivity contribution in [1.29, 1.82) is 0 Å². The molecule has 1 aromatic rings. The molecule has 7 heteroatoms. The predicted octanol–water partition coefficient (Wildman–Crippen LogP) is 2.25. The largest absolute Gasteiger partial charge is 0.496 e. The maximum atomic E-state index is 13.0. The van der Waals surface area contributed by atoms with Gasteiger partial charge < -0.3 is 10.1 Å². The monoisotopic (exact) mass is 360 g/mol. The Bertz CT molecular complexity index is 655. The van der Waals surface area contributed by atoms with Crippen molar-refractivity contribution in [1.82, 2.24) is 9.62 Å². The van der Waals surface area contributed by atoms with E-state index in [-0.39, 0.29) is 12.4 Å². The summed E-state index contributed by atoms with van der Waals surface area (Å²) >= 11 is 0. The van der Waals surface area contributed by atoms with Gasteiger partial charge in [-0.1, -0.05) is 0 Å². The summed E-state index contributed by atoms with van der Waals surface area (Å²) in [6.07, 6.45) is 3.13. The second-order valence-corrected chi connectivity index (χ2v) is 8.32. The summed E-state index contributed by atoms with van der Waals surface area (Å²) in [4.78, 5) is 0.376. The molecule has 2 aliphatic rings. The first kappa shape index (κ1) is 18.5. The van der Waals surface area contributed by atoms with Crippen molar-refractivity contribution in [3.63, 3.8) is 0 Å². The Kier molecular flexibility index (Phi) is 5.61. The number of methoxy groups -OCH3 is 1. The molecule has 2 heterocycles. The van der Waals surface area contributed by atoms with E-state index in [1.54, 1.807) is 23.5 Å². The fraction of sp³-hybridized carbons (Fsp3) is 0.625. The summed E-state index contributed by atoms with van der Waals surface area (Å²) < 4.78 is 32.9. The van der Waals surface area contributed by atoms with Crippen LogP contribution in [0.2, 0.25) is 0 Å². The molecule has 130 valence electrons. The van der Waals surface area contributed by atoms with E-state index >= 15 is 0 Å². The molecule has 2 bridgehead atoms. The van der Waals surface area contributed by atoms with E-state index in [4.69, 9.17) is 4.74 Å². The third kappa shape index (κ3) is 3.50. The molecule has 5 nitrogen and oxygen atoms in total. The minimum Gasteiger partial charge on any atom is -0.496 e. The van der Waals surface area contributed by atoms with Gasteiger partial charge in [0, 0.05) is 25.2 Å². The molecule has 0 aromatic heterocycles. The van der Waals surface area contributed by atoms with E-state index in [1.165, 1.54) is 6.42 Å². The molecule has 2 saturated heterocycles. The van der Waals surface area contributed by atoms with Crippen LogP contribution in [-0.4, -0.2) is 45.0 Å². The number of hydrogen-bond acceptors (Lipinski definition) is 4. The normalized spacial score (nSPS) is 24.8. The minimum atomic E-state index is -3.44. The van der Waals surface area contributed by atoms with Crippen LogP contribution in [0.5, 0.6) is 5.75 Å². The SMILES string of the molecule is COc1c(C)cc(S(=O)(=O)N2CCC3CCC(C2)N3)cc1C.Cl. The van der Waals surface area contributed by atoms with E-state index < -0.39 is 10.0 Å². The molecule has 2 atom stereocenters. The number of ether oxygens (including phenoxy) is 1. The second kappa shape index (κ2) is 6.97. The van der Waals surface area contributed by atoms with Gasteiger partial charge in [-0.05, 0) is 56.4 Å². The lowest BCUT2D eigenvalue weighted by Gasteiger charge is -2.24. The highest BCUT2D eigenvalue weighted by Crippen LogP contribution is 2.30. The third-order valence-electron chi connectivity index (χ3n) is 4.76. The van der Waals surface area contributed by atoms with Crippen molar-refractivity contribution in [2.24, 2.45) is 0 Å². The maximum Gasteiger partial charge on any atom is 0.243 e. The Hall–Kier alpha value is -0.820. The van der Waals surface area contributed by atoms with Gasteiger partial charge in [0.05, 0.1) is 12.0 Å². The van der Waals surface area contributed by atoms with Crippen molar-refractivity contribution in [2.75, 3.05) is 20.2 Å². The molecule has 1 aromatic carbocycles. The summed E-state index contributed by atoms with van der Waals surface area (Å²) in [7, 11) is -1.83. The number of fused-ring (bicyclic) bond motifs is 2. The Morgan fingerprint density at radius 1 is 1.13 bits per heavy atom. The summed E-state index contributed by atoms with van der Waals surface area (Å²) in [6.45, 7) is 4.94. The van der Waals surface area contributed by atoms with Gasteiger partial charge in [0.1, 0.15) is 5.75 Å². The topological polar surface area (TPSA) is 58.6 Å². The number of sulfonamides is 1. The highest BCUT2D eigenvalue weighted by atomic mass is 35.5. The number of benzene rings is 1. The van der Waals surface area contributed by atoms with Gasteiger partial charge in [0.15, 0.2) is 0 Å². The molecule has 0 radical (unpaired) electrons. The number of nitrogens with zero attached hydrogens (tertiary/aromatic N) is 1. The molecular weight excluding hydrogens is 336 g/mol. The number of rotatable bonds is 3. The maximum absolute atomic E-state index is 13.0. The lowest BCUT2D eigenvalue weighted by molar-refractivity contribution is 0.383. The predicted molar refractivity (Wildman–Crippen MR) is 93.0 cm³/mol. The Morgan fingerprint density at radius 2 is 1.74 bits per heavy atom. The van der Waals surface area contributed by atoms with Gasteiger partial charge in [0.25, 0.3) is 0 Å². The Labute approximate surface area is 144 Å². The second-order valence-electron chi connectivity index (χ2n) is 6.38. The van der Waals surface area contributed by atoms with Crippen LogP contribution in [0.1, 0.15) is 30.4 Å². The fourth-order valence-electron chi connectivity index (χ4n) is 3.66. The van der Waals surface area contributed by atoms with Gasteiger partial charge in [-0.15, -0.1) is 12.4 Å². The smallest absolute Gasteiger partial charge is 0.243 e. The van der Waals surface area contributed by atoms with Crippen molar-refractivity contribution in [3.05, 3.63) is 23.3 Å². The standard InChI is InChI=1S/C16H24N2O3S.ClH/c1-11-8-15(9-12(2)16(11)21-3)22(19,20)18-7-6-13-4-5-14(10-18)17-13;/h8-9,13-14,17H,4-7,10H2,1-3H3;1H. The summed E-state index contributed by atoms with van der Waals surface area (Å²) in [5.41, 5.74) is 1.71. The van der Waals surface area contributed by atoms with Crippen molar-refractivity contribution < 1.29 is 13.2 Å². The molecule has 2 unspecified atom stereocenters. The number of hydrogen-bond donors (Lipinski definition) is 1. The first-order valence-electron chi connectivity index (χ1n) is 7.83. The molecule has 0 saturated carbocycles. The number of aryl methyl sites for hydroxylation is 2. The number of halogens is 1. The average Bonchev–Trinajstić information content (AvgIpc) is 2.77. The molecule has 0 amide bonds. The van der Waals surface area contributed by atoms with E-state index in [9.17, 15) is 8.42 Å².